The summed E-state index contributed by atoms with van der Waals surface area (Å²) in [5.74, 6) is -0.212. The predicted octanol–water partition coefficient (Wildman–Crippen LogP) is 2.75. The number of nitrogens with zero attached hydrogens (tertiary/aromatic N) is 1. The highest BCUT2D eigenvalue weighted by atomic mass is 16.6. The number of carbonyl (C=O) groups excluding carboxylic acids is 1. The third kappa shape index (κ3) is 3.81. The molecule has 1 aliphatic heterocycles. The lowest BCUT2D eigenvalue weighted by molar-refractivity contribution is -0.157. The van der Waals surface area contributed by atoms with Gasteiger partial charge in [-0.3, -0.25) is 9.69 Å². The van der Waals surface area contributed by atoms with Gasteiger partial charge in [0.15, 0.2) is 0 Å². The Morgan fingerprint density at radius 2 is 2.00 bits per heavy atom. The predicted molar refractivity (Wildman–Crippen MR) is 77.1 cm³/mol. The van der Waals surface area contributed by atoms with Crippen molar-refractivity contribution in [3.05, 3.63) is 35.9 Å². The third-order valence-electron chi connectivity index (χ3n) is 3.28. The van der Waals surface area contributed by atoms with Crippen molar-refractivity contribution in [2.45, 2.75) is 45.6 Å². The van der Waals surface area contributed by atoms with Crippen molar-refractivity contribution in [3.63, 3.8) is 0 Å². The average Bonchev–Trinajstić information content (AvgIpc) is 2.70. The van der Waals surface area contributed by atoms with E-state index in [2.05, 4.69) is 12.1 Å². The van der Waals surface area contributed by atoms with Crippen LogP contribution >= 0.6 is 0 Å². The number of ether oxygens (including phenoxy) is 2. The van der Waals surface area contributed by atoms with Gasteiger partial charge in [0.2, 0.25) is 0 Å². The second kappa shape index (κ2) is 5.94. The zero-order valence-electron chi connectivity index (χ0n) is 12.6. The van der Waals surface area contributed by atoms with Crippen molar-refractivity contribution >= 4 is 5.97 Å². The highest BCUT2D eigenvalue weighted by Gasteiger charge is 2.34. The van der Waals surface area contributed by atoms with Crippen LogP contribution in [0.1, 0.15) is 39.3 Å². The van der Waals surface area contributed by atoms with E-state index in [-0.39, 0.29) is 24.8 Å². The number of hydrogen-bond acceptors (Lipinski definition) is 4. The molecule has 2 rings (SSSR count). The lowest BCUT2D eigenvalue weighted by Gasteiger charge is -2.27. The summed E-state index contributed by atoms with van der Waals surface area (Å²) in [6.45, 7) is 8.45. The Kier molecular flexibility index (Phi) is 4.45. The molecule has 1 saturated heterocycles. The summed E-state index contributed by atoms with van der Waals surface area (Å²) in [6.07, 6.45) is -0.0762. The highest BCUT2D eigenvalue weighted by molar-refractivity contribution is 5.72. The van der Waals surface area contributed by atoms with Crippen LogP contribution in [-0.2, 0) is 14.3 Å². The van der Waals surface area contributed by atoms with Gasteiger partial charge in [-0.05, 0) is 33.3 Å². The molecule has 0 radical (unpaired) electrons. The Labute approximate surface area is 120 Å². The van der Waals surface area contributed by atoms with Crippen molar-refractivity contribution < 1.29 is 14.3 Å². The van der Waals surface area contributed by atoms with Crippen LogP contribution < -0.4 is 0 Å². The van der Waals surface area contributed by atoms with E-state index >= 15 is 0 Å². The van der Waals surface area contributed by atoms with Crippen molar-refractivity contribution in [2.75, 3.05) is 13.2 Å². The largest absolute Gasteiger partial charge is 0.459 e. The van der Waals surface area contributed by atoms with Gasteiger partial charge >= 0.3 is 5.97 Å². The first-order valence-electron chi connectivity index (χ1n) is 7.01. The zero-order valence-corrected chi connectivity index (χ0v) is 12.6. The van der Waals surface area contributed by atoms with Gasteiger partial charge in [-0.25, -0.2) is 0 Å². The second-order valence-electron chi connectivity index (χ2n) is 6.12. The fraction of sp³-hybridized carbons (Fsp3) is 0.562. The van der Waals surface area contributed by atoms with Crippen LogP contribution in [0.4, 0.5) is 0 Å². The molecule has 0 amide bonds. The van der Waals surface area contributed by atoms with Gasteiger partial charge in [-0.2, -0.15) is 0 Å². The molecule has 0 unspecified atom stereocenters. The zero-order chi connectivity index (χ0) is 14.8. The Morgan fingerprint density at radius 3 is 2.60 bits per heavy atom. The van der Waals surface area contributed by atoms with Crippen LogP contribution in [0.15, 0.2) is 30.3 Å². The van der Waals surface area contributed by atoms with E-state index in [0.717, 1.165) is 0 Å². The van der Waals surface area contributed by atoms with E-state index in [4.69, 9.17) is 9.47 Å². The topological polar surface area (TPSA) is 38.8 Å². The Morgan fingerprint density at radius 1 is 1.35 bits per heavy atom. The number of benzene rings is 1. The van der Waals surface area contributed by atoms with E-state index in [0.29, 0.717) is 6.61 Å². The van der Waals surface area contributed by atoms with Crippen LogP contribution in [0, 0.1) is 0 Å². The van der Waals surface area contributed by atoms with Crippen molar-refractivity contribution in [2.24, 2.45) is 0 Å². The van der Waals surface area contributed by atoms with E-state index < -0.39 is 5.60 Å². The van der Waals surface area contributed by atoms with Crippen molar-refractivity contribution in [1.82, 2.24) is 4.90 Å². The molecule has 0 aliphatic carbocycles. The summed E-state index contributed by atoms with van der Waals surface area (Å²) in [7, 11) is 0. The number of hydrogen-bond donors (Lipinski definition) is 0. The molecule has 1 aromatic carbocycles. The van der Waals surface area contributed by atoms with Gasteiger partial charge in [-0.15, -0.1) is 0 Å². The van der Waals surface area contributed by atoms with Gasteiger partial charge in [0, 0.05) is 0 Å². The first-order valence-corrected chi connectivity index (χ1v) is 7.01. The Bertz CT molecular complexity index is 453. The minimum Gasteiger partial charge on any atom is -0.459 e. The van der Waals surface area contributed by atoms with Crippen LogP contribution in [0.2, 0.25) is 0 Å². The molecule has 0 bridgehead atoms. The summed E-state index contributed by atoms with van der Waals surface area (Å²) in [5.41, 5.74) is 0.712. The summed E-state index contributed by atoms with van der Waals surface area (Å²) in [4.78, 5) is 14.1. The van der Waals surface area contributed by atoms with Gasteiger partial charge in [0.25, 0.3) is 0 Å². The van der Waals surface area contributed by atoms with Gasteiger partial charge in [0.05, 0.1) is 19.2 Å². The first kappa shape index (κ1) is 15.0. The molecule has 1 aliphatic rings. The molecule has 2 atom stereocenters. The van der Waals surface area contributed by atoms with Crippen LogP contribution in [0.3, 0.4) is 0 Å². The molecule has 0 spiro atoms. The maximum atomic E-state index is 12.0. The number of carbonyl (C=O) groups is 1. The fourth-order valence-corrected chi connectivity index (χ4v) is 2.40. The number of esters is 1. The summed E-state index contributed by atoms with van der Waals surface area (Å²) in [6, 6.07) is 10.2. The molecule has 0 aromatic heterocycles. The highest BCUT2D eigenvalue weighted by Crippen LogP contribution is 2.29. The van der Waals surface area contributed by atoms with Crippen LogP contribution in [0.5, 0.6) is 0 Å². The van der Waals surface area contributed by atoms with E-state index in [1.165, 1.54) is 5.56 Å². The molecule has 1 aromatic rings. The quantitative estimate of drug-likeness (QED) is 0.796. The molecule has 0 N–H and O–H groups in total. The second-order valence-corrected chi connectivity index (χ2v) is 6.12. The normalized spacial score (nSPS) is 23.8. The number of rotatable bonds is 3. The Balaban J connectivity index is 2.06. The van der Waals surface area contributed by atoms with E-state index in [1.807, 2.05) is 50.8 Å². The monoisotopic (exact) mass is 277 g/mol. The SMILES string of the molecule is C[C@@H]1OC[C@@H](c2ccccc2)N1CC(=O)OC(C)(C)C. The molecule has 4 nitrogen and oxygen atoms in total. The Hall–Kier alpha value is -1.39. The molecular formula is C16H23NO3. The minimum absolute atomic E-state index is 0.0762. The molecule has 0 saturated carbocycles. The lowest BCUT2D eigenvalue weighted by atomic mass is 10.1. The third-order valence-corrected chi connectivity index (χ3v) is 3.28. The van der Waals surface area contributed by atoms with Crippen molar-refractivity contribution in [3.8, 4) is 0 Å². The van der Waals surface area contributed by atoms with Crippen LogP contribution in [-0.4, -0.2) is 35.8 Å². The minimum atomic E-state index is -0.455. The van der Waals surface area contributed by atoms with Crippen LogP contribution in [0.25, 0.3) is 0 Å². The van der Waals surface area contributed by atoms with Gasteiger partial charge < -0.3 is 9.47 Å². The smallest absolute Gasteiger partial charge is 0.320 e. The van der Waals surface area contributed by atoms with Crippen molar-refractivity contribution in [1.29, 1.82) is 0 Å². The average molecular weight is 277 g/mol. The molecule has 20 heavy (non-hydrogen) atoms. The van der Waals surface area contributed by atoms with E-state index in [9.17, 15) is 4.79 Å². The standard InChI is InChI=1S/C16H23NO3/c1-12-17(10-15(18)20-16(2,3)4)14(11-19-12)13-8-6-5-7-9-13/h5-9,12,14H,10-11H2,1-4H3/t12-,14-/m0/s1. The maximum Gasteiger partial charge on any atom is 0.320 e. The summed E-state index contributed by atoms with van der Waals surface area (Å²) < 4.78 is 11.1. The molecule has 1 fully saturated rings. The fourth-order valence-electron chi connectivity index (χ4n) is 2.40. The summed E-state index contributed by atoms with van der Waals surface area (Å²) in [5, 5.41) is 0. The molecule has 1 heterocycles. The summed E-state index contributed by atoms with van der Waals surface area (Å²) >= 11 is 0. The molecule has 110 valence electrons. The molecule has 4 heteroatoms. The lowest BCUT2D eigenvalue weighted by Crippen LogP contribution is -2.38. The van der Waals surface area contributed by atoms with Gasteiger partial charge in [0.1, 0.15) is 11.8 Å². The van der Waals surface area contributed by atoms with E-state index in [1.54, 1.807) is 0 Å². The maximum absolute atomic E-state index is 12.0. The van der Waals surface area contributed by atoms with Gasteiger partial charge in [-0.1, -0.05) is 30.3 Å². The first-order chi connectivity index (χ1) is 9.37. The molecular weight excluding hydrogens is 254 g/mol.